The Kier molecular flexibility index (Phi) is 6.18. The summed E-state index contributed by atoms with van der Waals surface area (Å²) in [5.74, 6) is 0.188. The zero-order valence-electron chi connectivity index (χ0n) is 8.84. The summed E-state index contributed by atoms with van der Waals surface area (Å²) in [5.41, 5.74) is 6.61. The first kappa shape index (κ1) is 14.7. The molecule has 1 aromatic rings. The monoisotopic (exact) mass is 251 g/mol. The average Bonchev–Trinajstić information content (AvgIpc) is 2.08. The van der Waals surface area contributed by atoms with Crippen LogP contribution in [0.1, 0.15) is 31.9 Å². The molecular weight excluding hydrogens is 236 g/mol. The summed E-state index contributed by atoms with van der Waals surface area (Å²) in [5, 5.41) is 0.541. The Hall–Kier alpha value is -0.310. The molecule has 1 nitrogen and oxygen atoms in total. The van der Waals surface area contributed by atoms with E-state index >= 15 is 0 Å². The topological polar surface area (TPSA) is 26.0 Å². The highest BCUT2D eigenvalue weighted by molar-refractivity contribution is 6.31. The summed E-state index contributed by atoms with van der Waals surface area (Å²) in [6, 6.07) is 4.12. The standard InChI is InChI=1S/C11H15ClFN.ClH/c1-7(2)5-11(14)9-6-8(13)3-4-10(9)12;/h3-4,6-7,11H,5,14H2,1-2H3;1H/t11-;/m1./s1. The fraction of sp³-hybridized carbons (Fsp3) is 0.455. The highest BCUT2D eigenvalue weighted by Crippen LogP contribution is 2.26. The van der Waals surface area contributed by atoms with Crippen molar-refractivity contribution in [2.45, 2.75) is 26.3 Å². The molecule has 0 aliphatic carbocycles. The van der Waals surface area contributed by atoms with Gasteiger partial charge < -0.3 is 5.73 Å². The van der Waals surface area contributed by atoms with Gasteiger partial charge in [-0.25, -0.2) is 4.39 Å². The van der Waals surface area contributed by atoms with Crippen LogP contribution in [0.25, 0.3) is 0 Å². The van der Waals surface area contributed by atoms with E-state index in [1.807, 2.05) is 0 Å². The maximum Gasteiger partial charge on any atom is 0.123 e. The van der Waals surface area contributed by atoms with E-state index in [4.69, 9.17) is 17.3 Å². The predicted molar refractivity (Wildman–Crippen MR) is 65.0 cm³/mol. The Bertz CT molecular complexity index is 315. The van der Waals surface area contributed by atoms with Gasteiger partial charge in [0.05, 0.1) is 0 Å². The van der Waals surface area contributed by atoms with Crippen molar-refractivity contribution in [1.29, 1.82) is 0 Å². The highest BCUT2D eigenvalue weighted by Gasteiger charge is 2.12. The lowest BCUT2D eigenvalue weighted by atomic mass is 9.98. The number of nitrogens with two attached hydrogens (primary N) is 1. The summed E-state index contributed by atoms with van der Waals surface area (Å²) >= 11 is 5.93. The quantitative estimate of drug-likeness (QED) is 0.866. The second kappa shape index (κ2) is 6.31. The molecule has 0 spiro atoms. The first-order valence-corrected chi connectivity index (χ1v) is 5.09. The Morgan fingerprint density at radius 1 is 1.40 bits per heavy atom. The number of hydrogen-bond acceptors (Lipinski definition) is 1. The van der Waals surface area contributed by atoms with E-state index in [1.165, 1.54) is 12.1 Å². The summed E-state index contributed by atoms with van der Waals surface area (Å²) in [7, 11) is 0. The lowest BCUT2D eigenvalue weighted by molar-refractivity contribution is 0.507. The maximum atomic E-state index is 12.9. The molecule has 0 bridgehead atoms. The zero-order valence-corrected chi connectivity index (χ0v) is 10.4. The van der Waals surface area contributed by atoms with E-state index in [1.54, 1.807) is 6.07 Å². The molecule has 4 heteroatoms. The van der Waals surface area contributed by atoms with Crippen molar-refractivity contribution in [3.8, 4) is 0 Å². The molecule has 0 saturated carbocycles. The van der Waals surface area contributed by atoms with Crippen LogP contribution < -0.4 is 5.73 Å². The minimum atomic E-state index is -0.288. The van der Waals surface area contributed by atoms with Gasteiger partial charge in [-0.05, 0) is 36.1 Å². The molecule has 2 N–H and O–H groups in total. The van der Waals surface area contributed by atoms with Crippen molar-refractivity contribution in [3.05, 3.63) is 34.6 Å². The third-order valence-electron chi connectivity index (χ3n) is 2.08. The van der Waals surface area contributed by atoms with Crippen molar-refractivity contribution in [2.24, 2.45) is 11.7 Å². The number of rotatable bonds is 3. The van der Waals surface area contributed by atoms with E-state index in [9.17, 15) is 4.39 Å². The summed E-state index contributed by atoms with van der Waals surface area (Å²) in [6.45, 7) is 4.15. The lowest BCUT2D eigenvalue weighted by Crippen LogP contribution is -2.13. The molecule has 0 amide bonds. The molecule has 0 unspecified atom stereocenters. The van der Waals surface area contributed by atoms with Gasteiger partial charge in [0.1, 0.15) is 5.82 Å². The second-order valence-electron chi connectivity index (χ2n) is 3.90. The Morgan fingerprint density at radius 3 is 2.53 bits per heavy atom. The lowest BCUT2D eigenvalue weighted by Gasteiger charge is -2.15. The van der Waals surface area contributed by atoms with Gasteiger partial charge in [-0.2, -0.15) is 0 Å². The van der Waals surface area contributed by atoms with Crippen LogP contribution in [0.5, 0.6) is 0 Å². The zero-order chi connectivity index (χ0) is 10.7. The fourth-order valence-corrected chi connectivity index (χ4v) is 1.69. The molecule has 0 aromatic heterocycles. The number of hydrogen-bond donors (Lipinski definition) is 1. The maximum absolute atomic E-state index is 12.9. The Morgan fingerprint density at radius 2 is 2.00 bits per heavy atom. The molecule has 1 atom stereocenters. The molecule has 1 rings (SSSR count). The third kappa shape index (κ3) is 4.37. The van der Waals surface area contributed by atoms with E-state index in [0.29, 0.717) is 16.5 Å². The largest absolute Gasteiger partial charge is 0.324 e. The minimum Gasteiger partial charge on any atom is -0.324 e. The van der Waals surface area contributed by atoms with Gasteiger partial charge in [0.2, 0.25) is 0 Å². The predicted octanol–water partition coefficient (Wildman–Crippen LogP) is 3.95. The second-order valence-corrected chi connectivity index (χ2v) is 4.31. The SMILES string of the molecule is CC(C)C[C@@H](N)c1cc(F)ccc1Cl.Cl. The van der Waals surface area contributed by atoms with Gasteiger partial charge >= 0.3 is 0 Å². The van der Waals surface area contributed by atoms with Gasteiger partial charge in [-0.15, -0.1) is 12.4 Å². The van der Waals surface area contributed by atoms with Crippen LogP contribution in [-0.2, 0) is 0 Å². The molecule has 1 aromatic carbocycles. The molecular formula is C11H16Cl2FN. The van der Waals surface area contributed by atoms with Crippen LogP contribution in [-0.4, -0.2) is 0 Å². The van der Waals surface area contributed by atoms with Crippen molar-refractivity contribution < 1.29 is 4.39 Å². The van der Waals surface area contributed by atoms with Crippen LogP contribution in [0.15, 0.2) is 18.2 Å². The van der Waals surface area contributed by atoms with E-state index in [-0.39, 0.29) is 24.3 Å². The smallest absolute Gasteiger partial charge is 0.123 e. The summed E-state index contributed by atoms with van der Waals surface area (Å²) in [6.07, 6.45) is 0.809. The van der Waals surface area contributed by atoms with E-state index < -0.39 is 0 Å². The first-order valence-electron chi connectivity index (χ1n) is 4.71. The van der Waals surface area contributed by atoms with Gasteiger partial charge in [0.15, 0.2) is 0 Å². The molecule has 0 heterocycles. The fourth-order valence-electron chi connectivity index (χ4n) is 1.43. The van der Waals surface area contributed by atoms with Gasteiger partial charge in [0, 0.05) is 11.1 Å². The first-order chi connectivity index (χ1) is 6.50. The Balaban J connectivity index is 0.00000196. The van der Waals surface area contributed by atoms with Gasteiger partial charge in [-0.3, -0.25) is 0 Å². The summed E-state index contributed by atoms with van der Waals surface area (Å²) in [4.78, 5) is 0. The molecule has 0 aliphatic rings. The highest BCUT2D eigenvalue weighted by atomic mass is 35.5. The molecule has 15 heavy (non-hydrogen) atoms. The summed E-state index contributed by atoms with van der Waals surface area (Å²) < 4.78 is 12.9. The van der Waals surface area contributed by atoms with Crippen LogP contribution in [0.2, 0.25) is 5.02 Å². The van der Waals surface area contributed by atoms with Crippen LogP contribution in [0.3, 0.4) is 0 Å². The Labute approximate surface area is 101 Å². The van der Waals surface area contributed by atoms with E-state index in [0.717, 1.165) is 6.42 Å². The average molecular weight is 252 g/mol. The number of halogens is 3. The molecule has 0 radical (unpaired) electrons. The van der Waals surface area contributed by atoms with E-state index in [2.05, 4.69) is 13.8 Å². The minimum absolute atomic E-state index is 0. The molecule has 0 aliphatic heterocycles. The van der Waals surface area contributed by atoms with Gasteiger partial charge in [0.25, 0.3) is 0 Å². The number of benzene rings is 1. The van der Waals surface area contributed by atoms with Crippen molar-refractivity contribution in [3.63, 3.8) is 0 Å². The van der Waals surface area contributed by atoms with Crippen molar-refractivity contribution in [1.82, 2.24) is 0 Å². The third-order valence-corrected chi connectivity index (χ3v) is 2.43. The van der Waals surface area contributed by atoms with Crippen LogP contribution >= 0.6 is 24.0 Å². The molecule has 0 saturated heterocycles. The molecule has 0 fully saturated rings. The van der Waals surface area contributed by atoms with Gasteiger partial charge in [-0.1, -0.05) is 25.4 Å². The van der Waals surface area contributed by atoms with Crippen molar-refractivity contribution >= 4 is 24.0 Å². The van der Waals surface area contributed by atoms with Crippen LogP contribution in [0.4, 0.5) is 4.39 Å². The van der Waals surface area contributed by atoms with Crippen LogP contribution in [0, 0.1) is 11.7 Å². The normalized spacial score (nSPS) is 12.4. The molecule has 86 valence electrons. The van der Waals surface area contributed by atoms with Crippen molar-refractivity contribution in [2.75, 3.05) is 0 Å².